The summed E-state index contributed by atoms with van der Waals surface area (Å²) in [6.07, 6.45) is 2.66. The summed E-state index contributed by atoms with van der Waals surface area (Å²) in [6, 6.07) is 15.6. The van der Waals surface area contributed by atoms with Gasteiger partial charge in [-0.1, -0.05) is 30.3 Å². The third kappa shape index (κ3) is 4.53. The number of hydrogen-bond acceptors (Lipinski definition) is 4. The summed E-state index contributed by atoms with van der Waals surface area (Å²) in [5.74, 6) is 0.700. The Morgan fingerprint density at radius 1 is 1.03 bits per heavy atom. The van der Waals surface area contributed by atoms with Gasteiger partial charge >= 0.3 is 0 Å². The Labute approximate surface area is 184 Å². The quantitative estimate of drug-likeness (QED) is 0.740. The molecule has 0 radical (unpaired) electrons. The number of anilines is 2. The Hall–Kier alpha value is -3.02. The predicted octanol–water partition coefficient (Wildman–Crippen LogP) is 3.63. The van der Waals surface area contributed by atoms with Crippen LogP contribution in [0.3, 0.4) is 0 Å². The number of rotatable bonds is 5. The van der Waals surface area contributed by atoms with Crippen LogP contribution in [0.4, 0.5) is 11.4 Å². The van der Waals surface area contributed by atoms with Crippen LogP contribution in [0.25, 0.3) is 0 Å². The fourth-order valence-corrected chi connectivity index (χ4v) is 4.50. The van der Waals surface area contributed by atoms with Gasteiger partial charge < -0.3 is 19.4 Å². The first-order valence-electron chi connectivity index (χ1n) is 11.2. The molecule has 0 N–H and O–H groups in total. The summed E-state index contributed by atoms with van der Waals surface area (Å²) in [5.41, 5.74) is 2.86. The molecule has 2 heterocycles. The number of benzene rings is 2. The Morgan fingerprint density at radius 2 is 1.74 bits per heavy atom. The summed E-state index contributed by atoms with van der Waals surface area (Å²) in [4.78, 5) is 32.2. The van der Waals surface area contributed by atoms with Crippen LogP contribution in [0.2, 0.25) is 0 Å². The summed E-state index contributed by atoms with van der Waals surface area (Å²) < 4.78 is 6.09. The van der Waals surface area contributed by atoms with Crippen LogP contribution in [0.5, 0.6) is 5.75 Å². The van der Waals surface area contributed by atoms with Crippen molar-refractivity contribution in [3.63, 3.8) is 0 Å². The van der Waals surface area contributed by atoms with Gasteiger partial charge in [0.25, 0.3) is 5.91 Å². The molecule has 1 saturated heterocycles. The van der Waals surface area contributed by atoms with Gasteiger partial charge in [0, 0.05) is 25.3 Å². The highest BCUT2D eigenvalue weighted by atomic mass is 16.5. The van der Waals surface area contributed by atoms with Gasteiger partial charge in [-0.15, -0.1) is 0 Å². The number of carbonyl (C=O) groups is 2. The zero-order chi connectivity index (χ0) is 21.8. The second-order valence-corrected chi connectivity index (χ2v) is 8.27. The van der Waals surface area contributed by atoms with Crippen molar-refractivity contribution >= 4 is 23.2 Å². The molecular weight excluding hydrogens is 390 g/mol. The van der Waals surface area contributed by atoms with Crippen molar-refractivity contribution in [3.8, 4) is 5.75 Å². The number of hydrogen-bond donors (Lipinski definition) is 0. The Bertz CT molecular complexity index is 939. The number of likely N-dealkylation sites (tertiary alicyclic amines) is 1. The molecule has 1 fully saturated rings. The molecule has 2 amide bonds. The van der Waals surface area contributed by atoms with Crippen LogP contribution >= 0.6 is 0 Å². The molecular formula is C25H31N3O3. The Morgan fingerprint density at radius 3 is 2.48 bits per heavy atom. The maximum atomic E-state index is 13.3. The van der Waals surface area contributed by atoms with E-state index in [0.717, 1.165) is 42.9 Å². The molecule has 2 aliphatic heterocycles. The van der Waals surface area contributed by atoms with Crippen LogP contribution in [0.15, 0.2) is 48.5 Å². The fourth-order valence-electron chi connectivity index (χ4n) is 4.50. The van der Waals surface area contributed by atoms with Crippen molar-refractivity contribution < 1.29 is 14.3 Å². The molecule has 164 valence electrons. The van der Waals surface area contributed by atoms with Crippen LogP contribution in [-0.4, -0.2) is 55.5 Å². The SMILES string of the molecule is CCN(C(=O)CN1C[C@H](C(=O)N2CCCCC2)Oc2ccccc21)c1ccccc1C. The summed E-state index contributed by atoms with van der Waals surface area (Å²) in [5, 5.41) is 0. The number of ether oxygens (including phenoxy) is 1. The molecule has 4 rings (SSSR count). The lowest BCUT2D eigenvalue weighted by molar-refractivity contribution is -0.139. The van der Waals surface area contributed by atoms with Crippen molar-refractivity contribution in [3.05, 3.63) is 54.1 Å². The lowest BCUT2D eigenvalue weighted by Crippen LogP contribution is -2.53. The molecule has 0 saturated carbocycles. The second-order valence-electron chi connectivity index (χ2n) is 8.27. The molecule has 2 aromatic rings. The van der Waals surface area contributed by atoms with E-state index in [9.17, 15) is 9.59 Å². The highest BCUT2D eigenvalue weighted by Gasteiger charge is 2.35. The standard InChI is InChI=1S/C25H31N3O3/c1-3-28(20-12-6-5-11-19(20)2)24(29)18-27-17-23(25(30)26-15-9-4-10-16-26)31-22-14-8-7-13-21(22)27/h5-8,11-14,23H,3-4,9-10,15-18H2,1-2H3/t23-/m1/s1. The van der Waals surface area contributed by atoms with Gasteiger partial charge in [0.2, 0.25) is 5.91 Å². The van der Waals surface area contributed by atoms with E-state index in [1.54, 1.807) is 0 Å². The lowest BCUT2D eigenvalue weighted by atomic mass is 10.1. The minimum absolute atomic E-state index is 0.0117. The zero-order valence-electron chi connectivity index (χ0n) is 18.4. The smallest absolute Gasteiger partial charge is 0.265 e. The van der Waals surface area contributed by atoms with Gasteiger partial charge in [-0.05, 0) is 56.9 Å². The third-order valence-electron chi connectivity index (χ3n) is 6.15. The first-order valence-corrected chi connectivity index (χ1v) is 11.2. The average Bonchev–Trinajstić information content (AvgIpc) is 2.81. The van der Waals surface area contributed by atoms with E-state index in [1.807, 2.05) is 77.1 Å². The van der Waals surface area contributed by atoms with Gasteiger partial charge in [-0.25, -0.2) is 0 Å². The van der Waals surface area contributed by atoms with E-state index in [0.29, 0.717) is 18.8 Å². The number of para-hydroxylation sites is 3. The van der Waals surface area contributed by atoms with Crippen molar-refractivity contribution in [1.82, 2.24) is 4.90 Å². The van der Waals surface area contributed by atoms with Gasteiger partial charge in [-0.3, -0.25) is 9.59 Å². The summed E-state index contributed by atoms with van der Waals surface area (Å²) in [7, 11) is 0. The monoisotopic (exact) mass is 421 g/mol. The minimum atomic E-state index is -0.589. The van der Waals surface area contributed by atoms with Crippen LogP contribution in [0.1, 0.15) is 31.7 Å². The topological polar surface area (TPSA) is 53.1 Å². The highest BCUT2D eigenvalue weighted by molar-refractivity contribution is 5.97. The van der Waals surface area contributed by atoms with Gasteiger partial charge in [0.1, 0.15) is 5.75 Å². The first-order chi connectivity index (χ1) is 15.1. The van der Waals surface area contributed by atoms with E-state index in [2.05, 4.69) is 0 Å². The third-order valence-corrected chi connectivity index (χ3v) is 6.15. The summed E-state index contributed by atoms with van der Waals surface area (Å²) in [6.45, 7) is 6.75. The molecule has 0 bridgehead atoms. The number of amides is 2. The predicted molar refractivity (Wildman–Crippen MR) is 123 cm³/mol. The molecule has 1 atom stereocenters. The molecule has 31 heavy (non-hydrogen) atoms. The number of nitrogens with zero attached hydrogens (tertiary/aromatic N) is 3. The van der Waals surface area contributed by atoms with Crippen molar-refractivity contribution in [2.75, 3.05) is 42.5 Å². The molecule has 2 aliphatic rings. The number of carbonyl (C=O) groups excluding carboxylic acids is 2. The molecule has 0 aliphatic carbocycles. The molecule has 0 spiro atoms. The number of piperidine rings is 1. The van der Waals surface area contributed by atoms with Crippen LogP contribution in [-0.2, 0) is 9.59 Å². The second kappa shape index (κ2) is 9.41. The van der Waals surface area contributed by atoms with Gasteiger partial charge in [-0.2, -0.15) is 0 Å². The Balaban J connectivity index is 1.55. The number of aryl methyl sites for hydroxylation is 1. The lowest BCUT2D eigenvalue weighted by Gasteiger charge is -2.38. The molecule has 6 nitrogen and oxygen atoms in total. The minimum Gasteiger partial charge on any atom is -0.477 e. The van der Waals surface area contributed by atoms with E-state index in [1.165, 1.54) is 6.42 Å². The normalized spacial score (nSPS) is 18.2. The van der Waals surface area contributed by atoms with E-state index in [4.69, 9.17) is 4.74 Å². The van der Waals surface area contributed by atoms with Crippen LogP contribution in [0, 0.1) is 6.92 Å². The maximum Gasteiger partial charge on any atom is 0.265 e. The molecule has 2 aromatic carbocycles. The van der Waals surface area contributed by atoms with Crippen molar-refractivity contribution in [2.24, 2.45) is 0 Å². The maximum absolute atomic E-state index is 13.3. The number of fused-ring (bicyclic) bond motifs is 1. The zero-order valence-corrected chi connectivity index (χ0v) is 18.4. The molecule has 0 unspecified atom stereocenters. The highest BCUT2D eigenvalue weighted by Crippen LogP contribution is 2.34. The van der Waals surface area contributed by atoms with E-state index >= 15 is 0 Å². The largest absolute Gasteiger partial charge is 0.477 e. The van der Waals surface area contributed by atoms with E-state index < -0.39 is 6.10 Å². The van der Waals surface area contributed by atoms with Crippen molar-refractivity contribution in [1.29, 1.82) is 0 Å². The van der Waals surface area contributed by atoms with Crippen molar-refractivity contribution in [2.45, 2.75) is 39.2 Å². The molecule has 6 heteroatoms. The van der Waals surface area contributed by atoms with Crippen LogP contribution < -0.4 is 14.5 Å². The first kappa shape index (κ1) is 21.2. The van der Waals surface area contributed by atoms with Gasteiger partial charge in [0.15, 0.2) is 6.10 Å². The Kier molecular flexibility index (Phi) is 6.44. The van der Waals surface area contributed by atoms with Gasteiger partial charge in [0.05, 0.1) is 18.8 Å². The summed E-state index contributed by atoms with van der Waals surface area (Å²) >= 11 is 0. The van der Waals surface area contributed by atoms with E-state index in [-0.39, 0.29) is 18.4 Å². The average molecular weight is 422 g/mol. The molecule has 0 aromatic heterocycles. The number of likely N-dealkylation sites (N-methyl/N-ethyl adjacent to an activating group) is 1. The fraction of sp³-hybridized carbons (Fsp3) is 0.440.